The number of halogens is 3. The van der Waals surface area contributed by atoms with Gasteiger partial charge in [0.25, 0.3) is 5.91 Å². The fourth-order valence-corrected chi connectivity index (χ4v) is 3.53. The largest absolute Gasteiger partial charge is 0.416 e. The van der Waals surface area contributed by atoms with Crippen molar-refractivity contribution in [3.8, 4) is 11.1 Å². The first-order valence-corrected chi connectivity index (χ1v) is 10.7. The number of hydrogen-bond acceptors (Lipinski definition) is 3. The molecule has 0 aliphatic heterocycles. The summed E-state index contributed by atoms with van der Waals surface area (Å²) in [5.74, 6) is -0.610. The molecule has 3 aromatic carbocycles. The first-order valence-electron chi connectivity index (χ1n) is 10.7. The predicted octanol–water partition coefficient (Wildman–Crippen LogP) is 6.67. The van der Waals surface area contributed by atoms with Crippen molar-refractivity contribution in [3.63, 3.8) is 0 Å². The standard InChI is InChI=1S/C27H22F3N3O/c28-27(29,30)20-9-14-24(19-6-2-1-3-7-19)25(18-20)26(34)33-23-12-10-22(11-13-23)32-17-15-21-8-4-5-16-31-21/h1-14,16,18,32H,15,17H2,(H,33,34). The van der Waals surface area contributed by atoms with Crippen LogP contribution in [0.1, 0.15) is 21.6 Å². The lowest BCUT2D eigenvalue weighted by molar-refractivity contribution is -0.137. The summed E-state index contributed by atoms with van der Waals surface area (Å²) in [6.45, 7) is 0.688. The third-order valence-corrected chi connectivity index (χ3v) is 5.26. The van der Waals surface area contributed by atoms with Gasteiger partial charge < -0.3 is 10.6 Å². The molecule has 0 saturated heterocycles. The molecule has 34 heavy (non-hydrogen) atoms. The number of pyridine rings is 1. The van der Waals surface area contributed by atoms with E-state index in [-0.39, 0.29) is 5.56 Å². The van der Waals surface area contributed by atoms with Crippen LogP contribution in [0.25, 0.3) is 11.1 Å². The van der Waals surface area contributed by atoms with Gasteiger partial charge in [-0.3, -0.25) is 9.78 Å². The van der Waals surface area contributed by atoms with Crippen molar-refractivity contribution in [2.24, 2.45) is 0 Å². The van der Waals surface area contributed by atoms with Gasteiger partial charge >= 0.3 is 6.18 Å². The maximum Gasteiger partial charge on any atom is 0.416 e. The van der Waals surface area contributed by atoms with E-state index in [0.29, 0.717) is 23.4 Å². The summed E-state index contributed by atoms with van der Waals surface area (Å²) in [6.07, 6.45) is -2.04. The van der Waals surface area contributed by atoms with Crippen molar-refractivity contribution >= 4 is 17.3 Å². The Bertz CT molecular complexity index is 1240. The highest BCUT2D eigenvalue weighted by Gasteiger charge is 2.32. The van der Waals surface area contributed by atoms with Crippen LogP contribution in [0.5, 0.6) is 0 Å². The number of aromatic nitrogens is 1. The van der Waals surface area contributed by atoms with Gasteiger partial charge in [-0.25, -0.2) is 0 Å². The van der Waals surface area contributed by atoms with Crippen LogP contribution >= 0.6 is 0 Å². The van der Waals surface area contributed by atoms with E-state index in [1.54, 1.807) is 60.8 Å². The molecule has 7 heteroatoms. The third-order valence-electron chi connectivity index (χ3n) is 5.26. The number of hydrogen-bond donors (Lipinski definition) is 2. The molecule has 0 bridgehead atoms. The molecule has 4 nitrogen and oxygen atoms in total. The SMILES string of the molecule is O=C(Nc1ccc(NCCc2ccccn2)cc1)c1cc(C(F)(F)F)ccc1-c1ccccc1. The lowest BCUT2D eigenvalue weighted by Gasteiger charge is -2.14. The second-order valence-corrected chi connectivity index (χ2v) is 7.65. The van der Waals surface area contributed by atoms with Crippen molar-refractivity contribution in [3.05, 3.63) is 114 Å². The average Bonchev–Trinajstić information content (AvgIpc) is 2.85. The first kappa shape index (κ1) is 23.0. The zero-order chi connectivity index (χ0) is 24.0. The molecular weight excluding hydrogens is 439 g/mol. The Labute approximate surface area is 195 Å². The van der Waals surface area contributed by atoms with Crippen LogP contribution in [0.15, 0.2) is 97.2 Å². The van der Waals surface area contributed by atoms with Crippen molar-refractivity contribution in [1.29, 1.82) is 0 Å². The summed E-state index contributed by atoms with van der Waals surface area (Å²) in [6, 6.07) is 24.9. The smallest absolute Gasteiger partial charge is 0.385 e. The van der Waals surface area contributed by atoms with E-state index in [4.69, 9.17) is 0 Å². The number of benzene rings is 3. The van der Waals surface area contributed by atoms with E-state index in [1.807, 2.05) is 18.2 Å². The van der Waals surface area contributed by atoms with Gasteiger partial charge in [0.15, 0.2) is 0 Å². The first-order chi connectivity index (χ1) is 16.4. The minimum absolute atomic E-state index is 0.0430. The number of carbonyl (C=O) groups excluding carboxylic acids is 1. The fraction of sp³-hybridized carbons (Fsp3) is 0.111. The van der Waals surface area contributed by atoms with E-state index in [2.05, 4.69) is 15.6 Å². The third kappa shape index (κ3) is 5.81. The van der Waals surface area contributed by atoms with E-state index < -0.39 is 17.6 Å². The molecule has 4 aromatic rings. The summed E-state index contributed by atoms with van der Waals surface area (Å²) >= 11 is 0. The molecule has 0 saturated carbocycles. The maximum absolute atomic E-state index is 13.3. The Morgan fingerprint density at radius 1 is 0.824 bits per heavy atom. The van der Waals surface area contributed by atoms with Gasteiger partial charge in [0.1, 0.15) is 0 Å². The summed E-state index contributed by atoms with van der Waals surface area (Å²) in [4.78, 5) is 17.3. The zero-order valence-electron chi connectivity index (χ0n) is 18.1. The van der Waals surface area contributed by atoms with E-state index in [1.165, 1.54) is 6.07 Å². The van der Waals surface area contributed by atoms with E-state index in [0.717, 1.165) is 29.9 Å². The quantitative estimate of drug-likeness (QED) is 0.323. The van der Waals surface area contributed by atoms with Gasteiger partial charge in [0.05, 0.1) is 5.56 Å². The molecule has 0 unspecified atom stereocenters. The van der Waals surface area contributed by atoms with E-state index in [9.17, 15) is 18.0 Å². The van der Waals surface area contributed by atoms with Crippen LogP contribution in [0.4, 0.5) is 24.5 Å². The van der Waals surface area contributed by atoms with Crippen LogP contribution in [-0.4, -0.2) is 17.4 Å². The summed E-state index contributed by atoms with van der Waals surface area (Å²) in [7, 11) is 0. The van der Waals surface area contributed by atoms with Gasteiger partial charge in [-0.2, -0.15) is 13.2 Å². The number of amides is 1. The Kier molecular flexibility index (Phi) is 6.92. The average molecular weight is 461 g/mol. The molecule has 0 aliphatic rings. The molecule has 0 radical (unpaired) electrons. The summed E-state index contributed by atoms with van der Waals surface area (Å²) < 4.78 is 39.9. The lowest BCUT2D eigenvalue weighted by Crippen LogP contribution is -2.15. The molecule has 2 N–H and O–H groups in total. The van der Waals surface area contributed by atoms with Crippen LogP contribution in [-0.2, 0) is 12.6 Å². The normalized spacial score (nSPS) is 11.1. The second-order valence-electron chi connectivity index (χ2n) is 7.65. The Balaban J connectivity index is 1.48. The van der Waals surface area contributed by atoms with Gasteiger partial charge in [0.2, 0.25) is 0 Å². The monoisotopic (exact) mass is 461 g/mol. The van der Waals surface area contributed by atoms with Crippen molar-refractivity contribution < 1.29 is 18.0 Å². The Hall–Kier alpha value is -4.13. The maximum atomic E-state index is 13.3. The molecular formula is C27H22F3N3O. The molecule has 172 valence electrons. The fourth-order valence-electron chi connectivity index (χ4n) is 3.53. The van der Waals surface area contributed by atoms with Gasteiger partial charge in [-0.1, -0.05) is 42.5 Å². The highest BCUT2D eigenvalue weighted by atomic mass is 19.4. The molecule has 0 atom stereocenters. The molecule has 4 rings (SSSR count). The number of nitrogens with one attached hydrogen (secondary N) is 2. The second kappa shape index (κ2) is 10.2. The Morgan fingerprint density at radius 3 is 2.21 bits per heavy atom. The van der Waals surface area contributed by atoms with E-state index >= 15 is 0 Å². The number of nitrogens with zero attached hydrogens (tertiary/aromatic N) is 1. The van der Waals surface area contributed by atoms with Crippen LogP contribution in [0.3, 0.4) is 0 Å². The molecule has 0 spiro atoms. The van der Waals surface area contributed by atoms with Crippen molar-refractivity contribution in [1.82, 2.24) is 4.98 Å². The van der Waals surface area contributed by atoms with Gasteiger partial charge in [-0.05, 0) is 59.7 Å². The minimum atomic E-state index is -4.55. The zero-order valence-corrected chi connectivity index (χ0v) is 18.1. The minimum Gasteiger partial charge on any atom is -0.385 e. The predicted molar refractivity (Wildman–Crippen MR) is 128 cm³/mol. The summed E-state index contributed by atoms with van der Waals surface area (Å²) in [5, 5.41) is 5.99. The Morgan fingerprint density at radius 2 is 1.53 bits per heavy atom. The van der Waals surface area contributed by atoms with Crippen molar-refractivity contribution in [2.75, 3.05) is 17.2 Å². The molecule has 1 amide bonds. The number of anilines is 2. The number of rotatable bonds is 7. The van der Waals surface area contributed by atoms with Crippen LogP contribution < -0.4 is 10.6 Å². The molecule has 1 aromatic heterocycles. The molecule has 0 aliphatic carbocycles. The van der Waals surface area contributed by atoms with Crippen molar-refractivity contribution in [2.45, 2.75) is 12.6 Å². The molecule has 1 heterocycles. The van der Waals surface area contributed by atoms with Crippen LogP contribution in [0.2, 0.25) is 0 Å². The van der Waals surface area contributed by atoms with Gasteiger partial charge in [-0.15, -0.1) is 0 Å². The highest BCUT2D eigenvalue weighted by molar-refractivity contribution is 6.09. The number of alkyl halides is 3. The molecule has 0 fully saturated rings. The van der Waals surface area contributed by atoms with Gasteiger partial charge in [0, 0.05) is 41.8 Å². The summed E-state index contributed by atoms with van der Waals surface area (Å²) in [5.41, 5.74) is 2.50. The van der Waals surface area contributed by atoms with Crippen LogP contribution in [0, 0.1) is 0 Å². The topological polar surface area (TPSA) is 54.0 Å². The number of carbonyl (C=O) groups is 1. The lowest BCUT2D eigenvalue weighted by atomic mass is 9.96. The highest BCUT2D eigenvalue weighted by Crippen LogP contribution is 2.34.